The van der Waals surface area contributed by atoms with Crippen molar-refractivity contribution in [2.75, 3.05) is 20.3 Å². The standard InChI is InChI=1S/C17H25N3O/c1-17(2,3)18-11-16(13-21-4)20-12-15(10-19-20)14-8-6-5-7-9-14/h5-10,12,16,18H,11,13H2,1-4H3. The van der Waals surface area contributed by atoms with Gasteiger partial charge in [0, 0.05) is 31.0 Å². The maximum atomic E-state index is 5.34. The lowest BCUT2D eigenvalue weighted by Gasteiger charge is -2.25. The molecule has 0 aliphatic carbocycles. The molecular weight excluding hydrogens is 262 g/mol. The van der Waals surface area contributed by atoms with Gasteiger partial charge in [-0.25, -0.2) is 0 Å². The first-order chi connectivity index (χ1) is 9.99. The van der Waals surface area contributed by atoms with Crippen LogP contribution in [0, 0.1) is 0 Å². The maximum Gasteiger partial charge on any atom is 0.0876 e. The molecule has 1 N–H and O–H groups in total. The van der Waals surface area contributed by atoms with Gasteiger partial charge in [-0.05, 0) is 26.3 Å². The number of methoxy groups -OCH3 is 1. The molecule has 0 saturated carbocycles. The summed E-state index contributed by atoms with van der Waals surface area (Å²) in [6, 6.07) is 10.5. The first-order valence-electron chi connectivity index (χ1n) is 7.33. The predicted octanol–water partition coefficient (Wildman–Crippen LogP) is 3.13. The Labute approximate surface area is 127 Å². The van der Waals surface area contributed by atoms with E-state index in [4.69, 9.17) is 4.74 Å². The van der Waals surface area contributed by atoms with Crippen LogP contribution in [0.4, 0.5) is 0 Å². The second kappa shape index (κ2) is 6.87. The molecule has 4 nitrogen and oxygen atoms in total. The molecule has 2 aromatic rings. The number of aromatic nitrogens is 2. The molecule has 4 heteroatoms. The van der Waals surface area contributed by atoms with Gasteiger partial charge in [-0.1, -0.05) is 30.3 Å². The summed E-state index contributed by atoms with van der Waals surface area (Å²) < 4.78 is 7.33. The minimum absolute atomic E-state index is 0.0847. The van der Waals surface area contributed by atoms with E-state index in [0.29, 0.717) is 6.61 Å². The number of rotatable bonds is 6. The summed E-state index contributed by atoms with van der Waals surface area (Å²) in [5.41, 5.74) is 2.40. The number of benzene rings is 1. The zero-order valence-corrected chi connectivity index (χ0v) is 13.3. The maximum absolute atomic E-state index is 5.34. The normalized spacial score (nSPS) is 13.3. The first-order valence-corrected chi connectivity index (χ1v) is 7.33. The zero-order chi connectivity index (χ0) is 15.3. The van der Waals surface area contributed by atoms with Gasteiger partial charge in [0.1, 0.15) is 0 Å². The fourth-order valence-electron chi connectivity index (χ4n) is 2.16. The molecule has 21 heavy (non-hydrogen) atoms. The Bertz CT molecular complexity index is 543. The molecule has 1 heterocycles. The van der Waals surface area contributed by atoms with Gasteiger partial charge in [-0.3, -0.25) is 4.68 Å². The largest absolute Gasteiger partial charge is 0.382 e. The third kappa shape index (κ3) is 4.69. The number of nitrogens with one attached hydrogen (secondary N) is 1. The van der Waals surface area contributed by atoms with Crippen molar-refractivity contribution < 1.29 is 4.74 Å². The number of hydrogen-bond acceptors (Lipinski definition) is 3. The van der Waals surface area contributed by atoms with Crippen LogP contribution in [0.15, 0.2) is 42.7 Å². The minimum Gasteiger partial charge on any atom is -0.382 e. The third-order valence-electron chi connectivity index (χ3n) is 3.31. The van der Waals surface area contributed by atoms with Gasteiger partial charge in [0.25, 0.3) is 0 Å². The Morgan fingerprint density at radius 1 is 1.19 bits per heavy atom. The van der Waals surface area contributed by atoms with Gasteiger partial charge >= 0.3 is 0 Å². The molecular formula is C17H25N3O. The molecule has 114 valence electrons. The average molecular weight is 287 g/mol. The van der Waals surface area contributed by atoms with E-state index in [2.05, 4.69) is 49.5 Å². The van der Waals surface area contributed by atoms with Gasteiger partial charge in [-0.15, -0.1) is 0 Å². The Morgan fingerprint density at radius 2 is 1.90 bits per heavy atom. The second-order valence-corrected chi connectivity index (χ2v) is 6.32. The predicted molar refractivity (Wildman–Crippen MR) is 86.3 cm³/mol. The van der Waals surface area contributed by atoms with Gasteiger partial charge in [0.15, 0.2) is 0 Å². The molecule has 1 atom stereocenters. The van der Waals surface area contributed by atoms with Gasteiger partial charge < -0.3 is 10.1 Å². The number of ether oxygens (including phenoxy) is 1. The molecule has 1 unspecified atom stereocenters. The Hall–Kier alpha value is -1.65. The second-order valence-electron chi connectivity index (χ2n) is 6.32. The molecule has 1 aromatic carbocycles. The van der Waals surface area contributed by atoms with Crippen LogP contribution in [0.25, 0.3) is 11.1 Å². The summed E-state index contributed by atoms with van der Waals surface area (Å²) in [5.74, 6) is 0. The molecule has 0 aliphatic heterocycles. The van der Waals surface area contributed by atoms with E-state index < -0.39 is 0 Å². The fourth-order valence-corrected chi connectivity index (χ4v) is 2.16. The van der Waals surface area contributed by atoms with Crippen LogP contribution in [0.3, 0.4) is 0 Å². The first kappa shape index (κ1) is 15.7. The molecule has 0 fully saturated rings. The fraction of sp³-hybridized carbons (Fsp3) is 0.471. The topological polar surface area (TPSA) is 39.1 Å². The van der Waals surface area contributed by atoms with E-state index in [-0.39, 0.29) is 11.6 Å². The lowest BCUT2D eigenvalue weighted by molar-refractivity contribution is 0.144. The van der Waals surface area contributed by atoms with Crippen LogP contribution >= 0.6 is 0 Å². The third-order valence-corrected chi connectivity index (χ3v) is 3.31. The van der Waals surface area contributed by atoms with E-state index >= 15 is 0 Å². The highest BCUT2D eigenvalue weighted by atomic mass is 16.5. The van der Waals surface area contributed by atoms with Crippen molar-refractivity contribution in [1.29, 1.82) is 0 Å². The zero-order valence-electron chi connectivity index (χ0n) is 13.3. The molecule has 0 bridgehead atoms. The lowest BCUT2D eigenvalue weighted by atomic mass is 10.1. The summed E-state index contributed by atoms with van der Waals surface area (Å²) in [6.07, 6.45) is 4.00. The van der Waals surface area contributed by atoms with Crippen LogP contribution < -0.4 is 5.32 Å². The van der Waals surface area contributed by atoms with E-state index in [1.165, 1.54) is 5.56 Å². The molecule has 1 aromatic heterocycles. The average Bonchev–Trinajstić information content (AvgIpc) is 2.93. The van der Waals surface area contributed by atoms with Crippen LogP contribution in [0.1, 0.15) is 26.8 Å². The molecule has 0 amide bonds. The molecule has 0 spiro atoms. The van der Waals surface area contributed by atoms with Crippen molar-refractivity contribution >= 4 is 0 Å². The van der Waals surface area contributed by atoms with Crippen LogP contribution in [0.2, 0.25) is 0 Å². The van der Waals surface area contributed by atoms with Crippen LogP contribution in [-0.2, 0) is 4.74 Å². The lowest BCUT2D eigenvalue weighted by Crippen LogP contribution is -2.40. The number of nitrogens with zero attached hydrogens (tertiary/aromatic N) is 2. The summed E-state index contributed by atoms with van der Waals surface area (Å²) in [4.78, 5) is 0. The van der Waals surface area contributed by atoms with Crippen molar-refractivity contribution in [1.82, 2.24) is 15.1 Å². The molecule has 0 saturated heterocycles. The Balaban J connectivity index is 2.12. The van der Waals surface area contributed by atoms with Crippen molar-refractivity contribution in [3.63, 3.8) is 0 Å². The van der Waals surface area contributed by atoms with Crippen molar-refractivity contribution in [3.05, 3.63) is 42.7 Å². The van der Waals surface area contributed by atoms with E-state index in [0.717, 1.165) is 12.1 Å². The van der Waals surface area contributed by atoms with E-state index in [9.17, 15) is 0 Å². The summed E-state index contributed by atoms with van der Waals surface area (Å²) in [6.45, 7) is 7.95. The summed E-state index contributed by atoms with van der Waals surface area (Å²) >= 11 is 0. The minimum atomic E-state index is 0.0847. The van der Waals surface area contributed by atoms with Crippen molar-refractivity contribution in [3.8, 4) is 11.1 Å². The van der Waals surface area contributed by atoms with Crippen molar-refractivity contribution in [2.24, 2.45) is 0 Å². The quantitative estimate of drug-likeness (QED) is 0.887. The highest BCUT2D eigenvalue weighted by Crippen LogP contribution is 2.19. The van der Waals surface area contributed by atoms with E-state index in [1.54, 1.807) is 7.11 Å². The molecule has 2 rings (SSSR count). The van der Waals surface area contributed by atoms with Gasteiger partial charge in [0.2, 0.25) is 0 Å². The highest BCUT2D eigenvalue weighted by molar-refractivity contribution is 5.61. The Morgan fingerprint density at radius 3 is 2.52 bits per heavy atom. The smallest absolute Gasteiger partial charge is 0.0876 e. The Kier molecular flexibility index (Phi) is 5.15. The van der Waals surface area contributed by atoms with Crippen molar-refractivity contribution in [2.45, 2.75) is 32.4 Å². The van der Waals surface area contributed by atoms with Gasteiger partial charge in [-0.2, -0.15) is 5.10 Å². The summed E-state index contributed by atoms with van der Waals surface area (Å²) in [5, 5.41) is 8.02. The summed E-state index contributed by atoms with van der Waals surface area (Å²) in [7, 11) is 1.73. The highest BCUT2D eigenvalue weighted by Gasteiger charge is 2.16. The van der Waals surface area contributed by atoms with E-state index in [1.807, 2.05) is 29.1 Å². The molecule has 0 radical (unpaired) electrons. The SMILES string of the molecule is COCC(CNC(C)(C)C)n1cc(-c2ccccc2)cn1. The molecule has 0 aliphatic rings. The number of hydrogen-bond donors (Lipinski definition) is 1. The van der Waals surface area contributed by atoms with Crippen LogP contribution in [-0.4, -0.2) is 35.6 Å². The van der Waals surface area contributed by atoms with Crippen LogP contribution in [0.5, 0.6) is 0 Å². The van der Waals surface area contributed by atoms with Gasteiger partial charge in [0.05, 0.1) is 18.8 Å². The monoisotopic (exact) mass is 287 g/mol.